The average molecular weight is 271 g/mol. The predicted molar refractivity (Wildman–Crippen MR) is 77.1 cm³/mol. The van der Waals surface area contributed by atoms with Gasteiger partial charge >= 0.3 is 0 Å². The molecule has 0 radical (unpaired) electrons. The minimum atomic E-state index is -0.211. The van der Waals surface area contributed by atoms with Crippen LogP contribution in [0.15, 0.2) is 54.6 Å². The van der Waals surface area contributed by atoms with E-state index in [1.54, 1.807) is 0 Å². The monoisotopic (exact) mass is 271 g/mol. The molecular formula is C17H18FNO. The van der Waals surface area contributed by atoms with Gasteiger partial charge in [-0.1, -0.05) is 42.5 Å². The Bertz CT molecular complexity index is 541. The summed E-state index contributed by atoms with van der Waals surface area (Å²) in [4.78, 5) is 0. The summed E-state index contributed by atoms with van der Waals surface area (Å²) >= 11 is 0. The number of ether oxygens (including phenoxy) is 1. The minimum Gasteiger partial charge on any atom is -0.372 e. The Labute approximate surface area is 118 Å². The Hall–Kier alpha value is -1.71. The van der Waals surface area contributed by atoms with Gasteiger partial charge in [-0.25, -0.2) is 4.39 Å². The Morgan fingerprint density at radius 2 is 1.70 bits per heavy atom. The van der Waals surface area contributed by atoms with Crippen LogP contribution in [0, 0.1) is 5.82 Å². The summed E-state index contributed by atoms with van der Waals surface area (Å²) in [6.45, 7) is 2.39. The van der Waals surface area contributed by atoms with Crippen LogP contribution in [0.4, 0.5) is 4.39 Å². The average Bonchev–Trinajstić information content (AvgIpc) is 2.75. The summed E-state index contributed by atoms with van der Waals surface area (Å²) in [6, 6.07) is 17.0. The van der Waals surface area contributed by atoms with Crippen molar-refractivity contribution in [3.8, 4) is 0 Å². The number of hydrogen-bond donors (Lipinski definition) is 1. The van der Waals surface area contributed by atoms with Crippen molar-refractivity contribution >= 4 is 0 Å². The summed E-state index contributed by atoms with van der Waals surface area (Å²) in [7, 11) is 0. The van der Waals surface area contributed by atoms with Crippen LogP contribution in [0.2, 0.25) is 0 Å². The van der Waals surface area contributed by atoms with Gasteiger partial charge in [-0.05, 0) is 23.3 Å². The molecule has 3 rings (SSSR count). The number of nitrogens with one attached hydrogen (secondary N) is 1. The van der Waals surface area contributed by atoms with Gasteiger partial charge in [0.2, 0.25) is 0 Å². The zero-order chi connectivity index (χ0) is 13.8. The molecule has 1 heterocycles. The maximum atomic E-state index is 13.1. The third-order valence-electron chi connectivity index (χ3n) is 3.73. The highest BCUT2D eigenvalue weighted by Gasteiger charge is 2.27. The van der Waals surface area contributed by atoms with Crippen LogP contribution in [0.1, 0.15) is 23.1 Å². The quantitative estimate of drug-likeness (QED) is 0.905. The molecule has 1 fully saturated rings. The fourth-order valence-electron chi connectivity index (χ4n) is 2.71. The van der Waals surface area contributed by atoms with Gasteiger partial charge in [0.25, 0.3) is 0 Å². The van der Waals surface area contributed by atoms with Crippen LogP contribution in [-0.4, -0.2) is 19.7 Å². The lowest BCUT2D eigenvalue weighted by Crippen LogP contribution is -2.23. The van der Waals surface area contributed by atoms with Crippen molar-refractivity contribution in [1.82, 2.24) is 5.32 Å². The molecular weight excluding hydrogens is 253 g/mol. The Kier molecular flexibility index (Phi) is 4.09. The molecule has 0 aromatic heterocycles. The van der Waals surface area contributed by atoms with Crippen LogP contribution < -0.4 is 5.32 Å². The van der Waals surface area contributed by atoms with Crippen molar-refractivity contribution in [3.05, 3.63) is 71.5 Å². The van der Waals surface area contributed by atoms with Gasteiger partial charge in [-0.2, -0.15) is 0 Å². The van der Waals surface area contributed by atoms with Gasteiger partial charge in [0, 0.05) is 19.0 Å². The lowest BCUT2D eigenvalue weighted by atomic mass is 9.89. The highest BCUT2D eigenvalue weighted by molar-refractivity contribution is 5.28. The van der Waals surface area contributed by atoms with Gasteiger partial charge in [0.1, 0.15) is 5.82 Å². The molecule has 0 amide bonds. The summed E-state index contributed by atoms with van der Waals surface area (Å²) < 4.78 is 19.1. The van der Waals surface area contributed by atoms with E-state index in [2.05, 4.69) is 17.4 Å². The van der Waals surface area contributed by atoms with Crippen molar-refractivity contribution < 1.29 is 9.13 Å². The second-order valence-corrected chi connectivity index (χ2v) is 5.06. The van der Waals surface area contributed by atoms with Crippen molar-refractivity contribution in [2.24, 2.45) is 0 Å². The highest BCUT2D eigenvalue weighted by Crippen LogP contribution is 2.34. The lowest BCUT2D eigenvalue weighted by Gasteiger charge is -2.25. The van der Waals surface area contributed by atoms with E-state index < -0.39 is 0 Å². The molecule has 2 nitrogen and oxygen atoms in total. The van der Waals surface area contributed by atoms with Gasteiger partial charge in [0.05, 0.1) is 12.7 Å². The smallest absolute Gasteiger partial charge is 0.123 e. The molecule has 2 aromatic carbocycles. The number of hydrogen-bond acceptors (Lipinski definition) is 2. The van der Waals surface area contributed by atoms with E-state index in [4.69, 9.17) is 4.74 Å². The number of benzene rings is 2. The summed E-state index contributed by atoms with van der Waals surface area (Å²) in [5, 5.41) is 3.41. The maximum absolute atomic E-state index is 13.1. The van der Waals surface area contributed by atoms with Crippen LogP contribution in [0.25, 0.3) is 0 Å². The third kappa shape index (κ3) is 2.89. The number of rotatable bonds is 2. The third-order valence-corrected chi connectivity index (χ3v) is 3.73. The Balaban J connectivity index is 1.93. The first-order chi connectivity index (χ1) is 9.84. The molecule has 3 heteroatoms. The first kappa shape index (κ1) is 13.3. The number of halogens is 1. The Morgan fingerprint density at radius 1 is 0.950 bits per heavy atom. The molecule has 0 spiro atoms. The van der Waals surface area contributed by atoms with Gasteiger partial charge < -0.3 is 10.1 Å². The van der Waals surface area contributed by atoms with E-state index in [1.165, 1.54) is 17.7 Å². The normalized spacial score (nSPS) is 23.2. The largest absolute Gasteiger partial charge is 0.372 e. The molecule has 0 aliphatic carbocycles. The molecule has 0 bridgehead atoms. The maximum Gasteiger partial charge on any atom is 0.123 e. The molecule has 2 aromatic rings. The zero-order valence-corrected chi connectivity index (χ0v) is 11.3. The van der Waals surface area contributed by atoms with Crippen LogP contribution in [0.5, 0.6) is 0 Å². The molecule has 1 aliphatic rings. The molecule has 1 aliphatic heterocycles. The first-order valence-corrected chi connectivity index (χ1v) is 6.97. The van der Waals surface area contributed by atoms with Crippen LogP contribution in [0.3, 0.4) is 0 Å². The van der Waals surface area contributed by atoms with Gasteiger partial charge in [0.15, 0.2) is 0 Å². The van der Waals surface area contributed by atoms with E-state index in [9.17, 15) is 4.39 Å². The van der Waals surface area contributed by atoms with Crippen LogP contribution >= 0.6 is 0 Å². The van der Waals surface area contributed by atoms with Crippen molar-refractivity contribution in [3.63, 3.8) is 0 Å². The molecule has 1 saturated heterocycles. The van der Waals surface area contributed by atoms with Crippen molar-refractivity contribution in [2.45, 2.75) is 12.0 Å². The van der Waals surface area contributed by atoms with Crippen LogP contribution in [-0.2, 0) is 4.74 Å². The summed E-state index contributed by atoms with van der Waals surface area (Å²) in [5.41, 5.74) is 2.28. The fourth-order valence-corrected chi connectivity index (χ4v) is 2.71. The lowest BCUT2D eigenvalue weighted by molar-refractivity contribution is 0.0514. The van der Waals surface area contributed by atoms with E-state index in [-0.39, 0.29) is 17.8 Å². The van der Waals surface area contributed by atoms with Crippen molar-refractivity contribution in [1.29, 1.82) is 0 Å². The minimum absolute atomic E-state index is 0.0343. The van der Waals surface area contributed by atoms with Crippen molar-refractivity contribution in [2.75, 3.05) is 19.7 Å². The molecule has 2 unspecified atom stereocenters. The SMILES string of the molecule is Fc1ccc(C2OCCNCC2c2ccccc2)cc1. The zero-order valence-electron chi connectivity index (χ0n) is 11.3. The second-order valence-electron chi connectivity index (χ2n) is 5.06. The van der Waals surface area contributed by atoms with Gasteiger partial charge in [-0.15, -0.1) is 0 Å². The fraction of sp³-hybridized carbons (Fsp3) is 0.294. The molecule has 20 heavy (non-hydrogen) atoms. The first-order valence-electron chi connectivity index (χ1n) is 6.97. The van der Waals surface area contributed by atoms with Gasteiger partial charge in [-0.3, -0.25) is 0 Å². The molecule has 104 valence electrons. The van der Waals surface area contributed by atoms with E-state index in [0.717, 1.165) is 18.7 Å². The molecule has 1 N–H and O–H groups in total. The Morgan fingerprint density at radius 3 is 2.45 bits per heavy atom. The second kappa shape index (κ2) is 6.16. The summed E-state index contributed by atoms with van der Waals surface area (Å²) in [5.74, 6) is 0.0286. The molecule has 2 atom stereocenters. The van der Waals surface area contributed by atoms with E-state index in [1.807, 2.05) is 30.3 Å². The van der Waals surface area contributed by atoms with E-state index >= 15 is 0 Å². The summed E-state index contributed by atoms with van der Waals surface area (Å²) in [6.07, 6.45) is -0.0343. The molecule has 0 saturated carbocycles. The standard InChI is InChI=1S/C17H18FNO/c18-15-8-6-14(7-9-15)17-16(12-19-10-11-20-17)13-4-2-1-3-5-13/h1-9,16-17,19H,10-12H2. The van der Waals surface area contributed by atoms with E-state index in [0.29, 0.717) is 6.61 Å². The predicted octanol–water partition coefficient (Wildman–Crippen LogP) is 3.27. The highest BCUT2D eigenvalue weighted by atomic mass is 19.1. The topological polar surface area (TPSA) is 21.3 Å².